The summed E-state index contributed by atoms with van der Waals surface area (Å²) in [5.74, 6) is 1.53. The summed E-state index contributed by atoms with van der Waals surface area (Å²) in [5.41, 5.74) is 1.25. The van der Waals surface area contributed by atoms with E-state index in [1.54, 1.807) is 24.5 Å². The summed E-state index contributed by atoms with van der Waals surface area (Å²) < 4.78 is 5.60. The predicted octanol–water partition coefficient (Wildman–Crippen LogP) is 3.15. The summed E-state index contributed by atoms with van der Waals surface area (Å²) >= 11 is 7.58. The molecule has 4 nitrogen and oxygen atoms in total. The lowest BCUT2D eigenvalue weighted by atomic mass is 10.3. The van der Waals surface area contributed by atoms with Crippen LogP contribution in [0.25, 0.3) is 0 Å². The fourth-order valence-corrected chi connectivity index (χ4v) is 2.54. The Kier molecular flexibility index (Phi) is 6.37. The van der Waals surface area contributed by atoms with Gasteiger partial charge in [0, 0.05) is 18.6 Å². The monoisotopic (exact) mass is 323 g/mol. The molecule has 112 valence electrons. The van der Waals surface area contributed by atoms with Crippen LogP contribution in [0, 0.1) is 0 Å². The van der Waals surface area contributed by atoms with Crippen LogP contribution in [0.15, 0.2) is 46.1 Å². The van der Waals surface area contributed by atoms with Crippen molar-refractivity contribution in [1.29, 1.82) is 0 Å². The number of benzene rings is 1. The van der Waals surface area contributed by atoms with E-state index in [0.29, 0.717) is 18.2 Å². The number of aliphatic imine (C=N–C) groups is 1. The molecule has 0 atom stereocenters. The molecule has 1 aromatic heterocycles. The second-order valence-electron chi connectivity index (χ2n) is 4.29. The molecule has 0 radical (unpaired) electrons. The van der Waals surface area contributed by atoms with Crippen LogP contribution in [0.1, 0.15) is 5.56 Å². The average molecular weight is 324 g/mol. The van der Waals surface area contributed by atoms with Gasteiger partial charge in [-0.3, -0.25) is 4.99 Å². The van der Waals surface area contributed by atoms with E-state index in [-0.39, 0.29) is 0 Å². The number of rotatable bonds is 6. The minimum atomic E-state index is 0.541. The summed E-state index contributed by atoms with van der Waals surface area (Å²) in [5, 5.41) is 11.3. The molecule has 0 amide bonds. The third kappa shape index (κ3) is 5.65. The zero-order valence-corrected chi connectivity index (χ0v) is 13.4. The first-order chi connectivity index (χ1) is 10.3. The van der Waals surface area contributed by atoms with E-state index in [2.05, 4.69) is 32.5 Å². The third-order valence-electron chi connectivity index (χ3n) is 2.72. The van der Waals surface area contributed by atoms with Gasteiger partial charge in [-0.05, 0) is 40.6 Å². The molecule has 0 aliphatic rings. The van der Waals surface area contributed by atoms with Crippen LogP contribution in [-0.2, 0) is 6.54 Å². The largest absolute Gasteiger partial charge is 0.492 e. The highest BCUT2D eigenvalue weighted by atomic mass is 35.5. The number of hydrogen-bond acceptors (Lipinski definition) is 3. The average Bonchev–Trinajstić information content (AvgIpc) is 3.00. The lowest BCUT2D eigenvalue weighted by molar-refractivity contribution is 0.322. The van der Waals surface area contributed by atoms with Crippen molar-refractivity contribution in [3.8, 4) is 5.75 Å². The second kappa shape index (κ2) is 8.54. The number of hydrogen-bond donors (Lipinski definition) is 2. The SMILES string of the molecule is CN=C(NCCOc1cccc(Cl)c1)NCc1ccsc1. The van der Waals surface area contributed by atoms with Crippen LogP contribution in [0.3, 0.4) is 0 Å². The zero-order valence-electron chi connectivity index (χ0n) is 11.8. The van der Waals surface area contributed by atoms with E-state index in [4.69, 9.17) is 16.3 Å². The predicted molar refractivity (Wildman–Crippen MR) is 89.5 cm³/mol. The molecule has 1 heterocycles. The lowest BCUT2D eigenvalue weighted by Crippen LogP contribution is -2.38. The van der Waals surface area contributed by atoms with Gasteiger partial charge in [0.15, 0.2) is 5.96 Å². The van der Waals surface area contributed by atoms with Gasteiger partial charge in [-0.15, -0.1) is 0 Å². The van der Waals surface area contributed by atoms with E-state index in [1.807, 2.05) is 18.2 Å². The molecule has 0 aliphatic carbocycles. The van der Waals surface area contributed by atoms with Crippen LogP contribution >= 0.6 is 22.9 Å². The molecule has 0 saturated carbocycles. The molecule has 21 heavy (non-hydrogen) atoms. The van der Waals surface area contributed by atoms with Crippen LogP contribution in [0.2, 0.25) is 5.02 Å². The van der Waals surface area contributed by atoms with Gasteiger partial charge in [-0.25, -0.2) is 0 Å². The summed E-state index contributed by atoms with van der Waals surface area (Å²) in [6.45, 7) is 1.97. The van der Waals surface area contributed by atoms with Crippen molar-refractivity contribution < 1.29 is 4.74 Å². The summed E-state index contributed by atoms with van der Waals surface area (Å²) in [6, 6.07) is 9.46. The maximum absolute atomic E-state index is 5.90. The summed E-state index contributed by atoms with van der Waals surface area (Å²) in [6.07, 6.45) is 0. The second-order valence-corrected chi connectivity index (χ2v) is 5.51. The molecule has 0 spiro atoms. The molecular formula is C15H18ClN3OS. The molecule has 0 unspecified atom stereocenters. The van der Waals surface area contributed by atoms with Crippen LogP contribution in [0.5, 0.6) is 5.75 Å². The Hall–Kier alpha value is -1.72. The molecule has 0 fully saturated rings. The molecule has 2 N–H and O–H groups in total. The van der Waals surface area contributed by atoms with Crippen molar-refractivity contribution in [2.45, 2.75) is 6.54 Å². The normalized spacial score (nSPS) is 11.2. The Labute approximate surface area is 133 Å². The first kappa shape index (κ1) is 15.7. The van der Waals surface area contributed by atoms with Gasteiger partial charge < -0.3 is 15.4 Å². The Morgan fingerprint density at radius 1 is 1.33 bits per heavy atom. The quantitative estimate of drug-likeness (QED) is 0.487. The number of nitrogens with zero attached hydrogens (tertiary/aromatic N) is 1. The number of halogens is 1. The van der Waals surface area contributed by atoms with Gasteiger partial charge in [-0.2, -0.15) is 11.3 Å². The minimum absolute atomic E-state index is 0.541. The van der Waals surface area contributed by atoms with Gasteiger partial charge >= 0.3 is 0 Å². The maximum Gasteiger partial charge on any atom is 0.191 e. The molecule has 1 aromatic carbocycles. The zero-order chi connectivity index (χ0) is 14.9. The van der Waals surface area contributed by atoms with Crippen molar-refractivity contribution in [3.63, 3.8) is 0 Å². The first-order valence-electron chi connectivity index (χ1n) is 6.62. The highest BCUT2D eigenvalue weighted by Crippen LogP contribution is 2.16. The number of ether oxygens (including phenoxy) is 1. The fourth-order valence-electron chi connectivity index (χ4n) is 1.69. The number of nitrogens with one attached hydrogen (secondary N) is 2. The summed E-state index contributed by atoms with van der Waals surface area (Å²) in [4.78, 5) is 4.17. The Balaban J connectivity index is 1.66. The van der Waals surface area contributed by atoms with Crippen LogP contribution in [-0.4, -0.2) is 26.2 Å². The summed E-state index contributed by atoms with van der Waals surface area (Å²) in [7, 11) is 1.75. The van der Waals surface area contributed by atoms with E-state index >= 15 is 0 Å². The van der Waals surface area contributed by atoms with Crippen molar-refractivity contribution in [3.05, 3.63) is 51.7 Å². The van der Waals surface area contributed by atoms with Gasteiger partial charge in [0.2, 0.25) is 0 Å². The van der Waals surface area contributed by atoms with Crippen molar-refractivity contribution in [1.82, 2.24) is 10.6 Å². The van der Waals surface area contributed by atoms with E-state index < -0.39 is 0 Å². The molecular weight excluding hydrogens is 306 g/mol. The highest BCUT2D eigenvalue weighted by molar-refractivity contribution is 7.07. The Morgan fingerprint density at radius 2 is 2.24 bits per heavy atom. The standard InChI is InChI=1S/C15H18ClN3OS/c1-17-15(19-10-12-5-8-21-11-12)18-6-7-20-14-4-2-3-13(16)9-14/h2-5,8-9,11H,6-7,10H2,1H3,(H2,17,18,19). The minimum Gasteiger partial charge on any atom is -0.492 e. The van der Waals surface area contributed by atoms with Crippen LogP contribution < -0.4 is 15.4 Å². The van der Waals surface area contributed by atoms with Crippen molar-refractivity contribution >= 4 is 28.9 Å². The van der Waals surface area contributed by atoms with Gasteiger partial charge in [0.25, 0.3) is 0 Å². The molecule has 6 heteroatoms. The topological polar surface area (TPSA) is 45.7 Å². The highest BCUT2D eigenvalue weighted by Gasteiger charge is 1.99. The number of guanidine groups is 1. The molecule has 0 bridgehead atoms. The molecule has 2 aromatic rings. The molecule has 0 saturated heterocycles. The number of thiophene rings is 1. The van der Waals surface area contributed by atoms with Crippen molar-refractivity contribution in [2.75, 3.05) is 20.2 Å². The molecule has 2 rings (SSSR count). The maximum atomic E-state index is 5.90. The third-order valence-corrected chi connectivity index (χ3v) is 3.69. The Bertz CT molecular complexity index is 572. The van der Waals surface area contributed by atoms with Gasteiger partial charge in [-0.1, -0.05) is 17.7 Å². The Morgan fingerprint density at radius 3 is 2.95 bits per heavy atom. The fraction of sp³-hybridized carbons (Fsp3) is 0.267. The lowest BCUT2D eigenvalue weighted by Gasteiger charge is -2.12. The first-order valence-corrected chi connectivity index (χ1v) is 7.94. The molecule has 0 aliphatic heterocycles. The van der Waals surface area contributed by atoms with Crippen molar-refractivity contribution in [2.24, 2.45) is 4.99 Å². The van der Waals surface area contributed by atoms with E-state index in [9.17, 15) is 0 Å². The van der Waals surface area contributed by atoms with Gasteiger partial charge in [0.1, 0.15) is 12.4 Å². The van der Waals surface area contributed by atoms with E-state index in [0.717, 1.165) is 18.3 Å². The van der Waals surface area contributed by atoms with E-state index in [1.165, 1.54) is 5.56 Å². The van der Waals surface area contributed by atoms with Crippen LogP contribution in [0.4, 0.5) is 0 Å². The van der Waals surface area contributed by atoms with Gasteiger partial charge in [0.05, 0.1) is 6.54 Å². The smallest absolute Gasteiger partial charge is 0.191 e.